The third-order valence-corrected chi connectivity index (χ3v) is 4.60. The van der Waals surface area contributed by atoms with Gasteiger partial charge in [-0.05, 0) is 48.0 Å². The largest absolute Gasteiger partial charge is 0.483 e. The maximum atomic E-state index is 13.0. The number of furan rings is 1. The van der Waals surface area contributed by atoms with Crippen LogP contribution in [0.25, 0.3) is 22.5 Å². The molecule has 4 rings (SSSR count). The van der Waals surface area contributed by atoms with E-state index < -0.39 is 11.8 Å². The summed E-state index contributed by atoms with van der Waals surface area (Å²) in [5.74, 6) is -0.574. The van der Waals surface area contributed by atoms with Crippen molar-refractivity contribution in [2.24, 2.45) is 0 Å². The van der Waals surface area contributed by atoms with Crippen LogP contribution in [0.15, 0.2) is 95.4 Å². The summed E-state index contributed by atoms with van der Waals surface area (Å²) in [7, 11) is 0. The Morgan fingerprint density at radius 3 is 2.28 bits per heavy atom. The molecule has 0 aliphatic rings. The van der Waals surface area contributed by atoms with Crippen molar-refractivity contribution in [2.45, 2.75) is 0 Å². The van der Waals surface area contributed by atoms with E-state index >= 15 is 0 Å². The highest BCUT2D eigenvalue weighted by Crippen LogP contribution is 2.29. The first-order valence-electron chi connectivity index (χ1n) is 9.82. The Morgan fingerprint density at radius 2 is 1.50 bits per heavy atom. The molecule has 2 amide bonds. The molecule has 0 bridgehead atoms. The van der Waals surface area contributed by atoms with E-state index in [1.807, 2.05) is 48.5 Å². The summed E-state index contributed by atoms with van der Waals surface area (Å²) in [6, 6.07) is 25.8. The minimum Gasteiger partial charge on any atom is -0.483 e. The number of nitrogens with one attached hydrogen (secondary N) is 2. The van der Waals surface area contributed by atoms with E-state index in [1.165, 1.54) is 18.2 Å². The van der Waals surface area contributed by atoms with Crippen molar-refractivity contribution in [2.75, 3.05) is 6.61 Å². The van der Waals surface area contributed by atoms with Crippen LogP contribution in [0.2, 0.25) is 0 Å². The first-order chi connectivity index (χ1) is 15.6. The second-order valence-corrected chi connectivity index (χ2v) is 6.82. The predicted octanol–water partition coefficient (Wildman–Crippen LogP) is 4.59. The summed E-state index contributed by atoms with van der Waals surface area (Å²) < 4.78 is 24.2. The van der Waals surface area contributed by atoms with Crippen LogP contribution in [-0.4, -0.2) is 18.4 Å². The molecule has 1 heterocycles. The molecular formula is C25H19FN2O4. The molecule has 6 nitrogen and oxygen atoms in total. The van der Waals surface area contributed by atoms with E-state index in [4.69, 9.17) is 9.15 Å². The van der Waals surface area contributed by atoms with Gasteiger partial charge in [0.2, 0.25) is 0 Å². The highest BCUT2D eigenvalue weighted by Gasteiger charge is 2.14. The number of carbonyl (C=O) groups is 2. The van der Waals surface area contributed by atoms with E-state index in [2.05, 4.69) is 10.9 Å². The Labute approximate surface area is 183 Å². The summed E-state index contributed by atoms with van der Waals surface area (Å²) in [4.78, 5) is 24.4. The smallest absolute Gasteiger partial charge is 0.305 e. The SMILES string of the molecule is O=C(COc1ccccc1-c1ccccc1)NNC(=O)c1ccc(-c2ccc(F)cc2)o1. The molecule has 4 aromatic rings. The lowest BCUT2D eigenvalue weighted by Gasteiger charge is -2.12. The minimum absolute atomic E-state index is 0.0000309. The first kappa shape index (κ1) is 20.9. The van der Waals surface area contributed by atoms with Crippen LogP contribution < -0.4 is 15.6 Å². The number of ether oxygens (including phenoxy) is 1. The first-order valence-corrected chi connectivity index (χ1v) is 9.82. The topological polar surface area (TPSA) is 80.6 Å². The zero-order chi connectivity index (χ0) is 22.3. The van der Waals surface area contributed by atoms with Crippen molar-refractivity contribution in [3.05, 3.63) is 103 Å². The van der Waals surface area contributed by atoms with Gasteiger partial charge in [0.25, 0.3) is 5.91 Å². The van der Waals surface area contributed by atoms with Gasteiger partial charge in [0, 0.05) is 11.1 Å². The molecule has 0 aliphatic carbocycles. The highest BCUT2D eigenvalue weighted by atomic mass is 19.1. The number of rotatable bonds is 6. The molecule has 0 unspecified atom stereocenters. The summed E-state index contributed by atoms with van der Waals surface area (Å²) >= 11 is 0. The van der Waals surface area contributed by atoms with E-state index in [0.29, 0.717) is 17.1 Å². The maximum Gasteiger partial charge on any atom is 0.305 e. The standard InChI is InChI=1S/C25H19FN2O4/c26-19-12-10-18(11-13-19)21-14-15-23(32-21)25(30)28-27-24(29)16-31-22-9-5-4-8-20(22)17-6-2-1-3-7-17/h1-15H,16H2,(H,27,29)(H,28,30). The van der Waals surface area contributed by atoms with E-state index in [9.17, 15) is 14.0 Å². The minimum atomic E-state index is -0.628. The number of para-hydroxylation sites is 1. The van der Waals surface area contributed by atoms with Gasteiger partial charge >= 0.3 is 5.91 Å². The number of benzene rings is 3. The fourth-order valence-corrected chi connectivity index (χ4v) is 3.05. The Balaban J connectivity index is 1.31. The van der Waals surface area contributed by atoms with E-state index in [-0.39, 0.29) is 18.2 Å². The second kappa shape index (κ2) is 9.61. The second-order valence-electron chi connectivity index (χ2n) is 6.82. The average molecular weight is 430 g/mol. The van der Waals surface area contributed by atoms with Crippen LogP contribution in [0.3, 0.4) is 0 Å². The molecule has 0 saturated carbocycles. The molecule has 1 aromatic heterocycles. The van der Waals surface area contributed by atoms with Crippen LogP contribution in [0.5, 0.6) is 5.75 Å². The zero-order valence-corrected chi connectivity index (χ0v) is 16.9. The highest BCUT2D eigenvalue weighted by molar-refractivity contribution is 5.93. The lowest BCUT2D eigenvalue weighted by molar-refractivity contribution is -0.123. The molecule has 7 heteroatoms. The number of hydrogen-bond donors (Lipinski definition) is 2. The summed E-state index contributed by atoms with van der Waals surface area (Å²) in [5, 5.41) is 0. The van der Waals surface area contributed by atoms with Crippen molar-refractivity contribution >= 4 is 11.8 Å². The molecule has 0 atom stereocenters. The number of amides is 2. The van der Waals surface area contributed by atoms with Crippen LogP contribution in [0.4, 0.5) is 4.39 Å². The molecule has 2 N–H and O–H groups in total. The molecule has 0 radical (unpaired) electrons. The quantitative estimate of drug-likeness (QED) is 0.439. The fourth-order valence-electron chi connectivity index (χ4n) is 3.05. The third-order valence-electron chi connectivity index (χ3n) is 4.60. The fraction of sp³-hybridized carbons (Fsp3) is 0.0400. The summed E-state index contributed by atoms with van der Waals surface area (Å²) in [5.41, 5.74) is 7.02. The summed E-state index contributed by atoms with van der Waals surface area (Å²) in [6.07, 6.45) is 0. The molecule has 32 heavy (non-hydrogen) atoms. The van der Waals surface area contributed by atoms with Crippen LogP contribution in [-0.2, 0) is 4.79 Å². The summed E-state index contributed by atoms with van der Waals surface area (Å²) in [6.45, 7) is -0.289. The molecule has 160 valence electrons. The van der Waals surface area contributed by atoms with Gasteiger partial charge in [-0.1, -0.05) is 48.5 Å². The van der Waals surface area contributed by atoms with E-state index in [1.54, 1.807) is 24.3 Å². The lowest BCUT2D eigenvalue weighted by Crippen LogP contribution is -2.43. The van der Waals surface area contributed by atoms with Gasteiger partial charge in [0.15, 0.2) is 12.4 Å². The number of hydrazine groups is 1. The van der Waals surface area contributed by atoms with Crippen molar-refractivity contribution < 1.29 is 23.1 Å². The Hall–Kier alpha value is -4.39. The molecule has 0 spiro atoms. The Bertz CT molecular complexity index is 1220. The van der Waals surface area contributed by atoms with Gasteiger partial charge in [0.1, 0.15) is 17.3 Å². The molecule has 0 saturated heterocycles. The van der Waals surface area contributed by atoms with Gasteiger partial charge in [-0.2, -0.15) is 0 Å². The van der Waals surface area contributed by atoms with Gasteiger partial charge in [-0.15, -0.1) is 0 Å². The monoisotopic (exact) mass is 430 g/mol. The molecule has 3 aromatic carbocycles. The van der Waals surface area contributed by atoms with Crippen LogP contribution in [0, 0.1) is 5.82 Å². The van der Waals surface area contributed by atoms with Crippen molar-refractivity contribution in [3.63, 3.8) is 0 Å². The molecule has 0 fully saturated rings. The number of hydrogen-bond acceptors (Lipinski definition) is 4. The third kappa shape index (κ3) is 5.02. The predicted molar refractivity (Wildman–Crippen MR) is 117 cm³/mol. The van der Waals surface area contributed by atoms with Crippen LogP contribution in [0.1, 0.15) is 10.6 Å². The van der Waals surface area contributed by atoms with Gasteiger partial charge in [-0.25, -0.2) is 4.39 Å². The van der Waals surface area contributed by atoms with Gasteiger partial charge < -0.3 is 9.15 Å². The lowest BCUT2D eigenvalue weighted by atomic mass is 10.1. The van der Waals surface area contributed by atoms with Crippen LogP contribution >= 0.6 is 0 Å². The Kier molecular flexibility index (Phi) is 6.27. The average Bonchev–Trinajstić information content (AvgIpc) is 3.33. The van der Waals surface area contributed by atoms with Crippen molar-refractivity contribution in [1.82, 2.24) is 10.9 Å². The maximum absolute atomic E-state index is 13.0. The number of carbonyl (C=O) groups excluding carboxylic acids is 2. The van der Waals surface area contributed by atoms with Crippen molar-refractivity contribution in [3.8, 4) is 28.2 Å². The number of halogens is 1. The van der Waals surface area contributed by atoms with Crippen molar-refractivity contribution in [1.29, 1.82) is 0 Å². The van der Waals surface area contributed by atoms with E-state index in [0.717, 1.165) is 11.1 Å². The van der Waals surface area contributed by atoms with Gasteiger partial charge in [-0.3, -0.25) is 20.4 Å². The zero-order valence-electron chi connectivity index (χ0n) is 16.9. The Morgan fingerprint density at radius 1 is 0.781 bits per heavy atom. The molecular weight excluding hydrogens is 411 g/mol. The van der Waals surface area contributed by atoms with Gasteiger partial charge in [0.05, 0.1) is 0 Å². The molecule has 0 aliphatic heterocycles. The normalized spacial score (nSPS) is 10.4.